The highest BCUT2D eigenvalue weighted by Gasteiger charge is 2.44. The van der Waals surface area contributed by atoms with Crippen molar-refractivity contribution >= 4 is 0 Å². The van der Waals surface area contributed by atoms with Gasteiger partial charge in [-0.2, -0.15) is 0 Å². The van der Waals surface area contributed by atoms with Crippen molar-refractivity contribution in [2.75, 3.05) is 13.2 Å². The van der Waals surface area contributed by atoms with E-state index in [1.807, 2.05) is 0 Å². The second kappa shape index (κ2) is 2.46. The molecule has 2 heteroatoms. The zero-order chi connectivity index (χ0) is 7.90. The highest BCUT2D eigenvalue weighted by molar-refractivity contribution is 4.92. The molecule has 0 spiro atoms. The summed E-state index contributed by atoms with van der Waals surface area (Å²) in [6.07, 6.45) is 3.06. The summed E-state index contributed by atoms with van der Waals surface area (Å²) in [6, 6.07) is 0. The van der Waals surface area contributed by atoms with Gasteiger partial charge in [0.15, 0.2) is 0 Å². The molecule has 2 rings (SSSR count). The Morgan fingerprint density at radius 1 is 1.64 bits per heavy atom. The Labute approximate surface area is 67.9 Å². The van der Waals surface area contributed by atoms with E-state index in [-0.39, 0.29) is 5.60 Å². The van der Waals surface area contributed by atoms with Crippen molar-refractivity contribution in [3.63, 3.8) is 0 Å². The van der Waals surface area contributed by atoms with Crippen LogP contribution in [0.3, 0.4) is 0 Å². The van der Waals surface area contributed by atoms with Crippen LogP contribution in [0.25, 0.3) is 0 Å². The molecule has 2 aliphatic heterocycles. The van der Waals surface area contributed by atoms with Gasteiger partial charge in [0.2, 0.25) is 0 Å². The summed E-state index contributed by atoms with van der Waals surface area (Å²) in [5.41, 5.74) is 0.217. The maximum Gasteiger partial charge on any atom is 0.0913 e. The zero-order valence-corrected chi connectivity index (χ0v) is 7.30. The summed E-state index contributed by atoms with van der Waals surface area (Å²) in [7, 11) is 0. The van der Waals surface area contributed by atoms with Crippen molar-refractivity contribution in [1.82, 2.24) is 0 Å². The molecule has 2 nitrogen and oxygen atoms in total. The Hall–Kier alpha value is -0.0800. The van der Waals surface area contributed by atoms with E-state index >= 15 is 0 Å². The van der Waals surface area contributed by atoms with Crippen LogP contribution in [0.5, 0.6) is 0 Å². The molecule has 0 radical (unpaired) electrons. The molecule has 0 N–H and O–H groups in total. The van der Waals surface area contributed by atoms with Crippen LogP contribution < -0.4 is 0 Å². The summed E-state index contributed by atoms with van der Waals surface area (Å²) in [4.78, 5) is 0. The van der Waals surface area contributed by atoms with Gasteiger partial charge in [0.1, 0.15) is 0 Å². The molecule has 0 aromatic rings. The van der Waals surface area contributed by atoms with Crippen molar-refractivity contribution in [3.05, 3.63) is 0 Å². The van der Waals surface area contributed by atoms with Crippen molar-refractivity contribution in [1.29, 1.82) is 0 Å². The summed E-state index contributed by atoms with van der Waals surface area (Å²) in [5.74, 6) is 0.701. The van der Waals surface area contributed by atoms with Crippen LogP contribution in [0.2, 0.25) is 0 Å². The number of ether oxygens (including phenoxy) is 2. The monoisotopic (exact) mass is 156 g/mol. The van der Waals surface area contributed by atoms with Crippen LogP contribution in [0.15, 0.2) is 0 Å². The first kappa shape index (κ1) is 7.56. The lowest BCUT2D eigenvalue weighted by molar-refractivity contribution is 0.230. The van der Waals surface area contributed by atoms with Crippen LogP contribution in [0.1, 0.15) is 26.7 Å². The Morgan fingerprint density at radius 2 is 2.27 bits per heavy atom. The van der Waals surface area contributed by atoms with Gasteiger partial charge in [-0.25, -0.2) is 0 Å². The van der Waals surface area contributed by atoms with Gasteiger partial charge in [0.25, 0.3) is 0 Å². The van der Waals surface area contributed by atoms with E-state index in [9.17, 15) is 0 Å². The van der Waals surface area contributed by atoms with E-state index in [1.54, 1.807) is 0 Å². The first-order valence-electron chi connectivity index (χ1n) is 4.46. The Balaban J connectivity index is 1.68. The predicted molar refractivity (Wildman–Crippen MR) is 42.5 cm³/mol. The lowest BCUT2D eigenvalue weighted by Crippen LogP contribution is -2.17. The van der Waals surface area contributed by atoms with Gasteiger partial charge in [-0.3, -0.25) is 0 Å². The first-order valence-corrected chi connectivity index (χ1v) is 4.46. The molecule has 0 aliphatic carbocycles. The van der Waals surface area contributed by atoms with E-state index in [4.69, 9.17) is 9.47 Å². The van der Waals surface area contributed by atoms with E-state index in [0.29, 0.717) is 12.0 Å². The number of hydrogen-bond acceptors (Lipinski definition) is 2. The normalized spacial score (nSPS) is 43.6. The van der Waals surface area contributed by atoms with Crippen molar-refractivity contribution in [2.24, 2.45) is 5.92 Å². The summed E-state index contributed by atoms with van der Waals surface area (Å²) in [5, 5.41) is 0. The summed E-state index contributed by atoms with van der Waals surface area (Å²) in [6.45, 7) is 6.42. The molecule has 3 unspecified atom stereocenters. The SMILES string of the molecule is CC(CCC1CO1)C1(C)CO1. The molecule has 0 aromatic heterocycles. The average Bonchev–Trinajstić information content (AvgIpc) is 2.79. The fourth-order valence-corrected chi connectivity index (χ4v) is 1.37. The van der Waals surface area contributed by atoms with Gasteiger partial charge < -0.3 is 9.47 Å². The number of epoxide rings is 2. The zero-order valence-electron chi connectivity index (χ0n) is 7.30. The van der Waals surface area contributed by atoms with Crippen molar-refractivity contribution in [2.45, 2.75) is 38.4 Å². The molecule has 2 fully saturated rings. The summed E-state index contributed by atoms with van der Waals surface area (Å²) >= 11 is 0. The van der Waals surface area contributed by atoms with E-state index in [2.05, 4.69) is 13.8 Å². The third-order valence-electron chi connectivity index (χ3n) is 2.97. The van der Waals surface area contributed by atoms with E-state index in [1.165, 1.54) is 12.8 Å². The van der Waals surface area contributed by atoms with Crippen molar-refractivity contribution < 1.29 is 9.47 Å². The van der Waals surface area contributed by atoms with Crippen molar-refractivity contribution in [3.8, 4) is 0 Å². The van der Waals surface area contributed by atoms with Gasteiger partial charge in [-0.15, -0.1) is 0 Å². The van der Waals surface area contributed by atoms with E-state index in [0.717, 1.165) is 13.2 Å². The van der Waals surface area contributed by atoms with Gasteiger partial charge in [0, 0.05) is 0 Å². The van der Waals surface area contributed by atoms with Gasteiger partial charge in [0.05, 0.1) is 24.9 Å². The van der Waals surface area contributed by atoms with Gasteiger partial charge in [-0.05, 0) is 25.7 Å². The van der Waals surface area contributed by atoms with Crippen LogP contribution in [0.4, 0.5) is 0 Å². The van der Waals surface area contributed by atoms with Crippen LogP contribution in [0, 0.1) is 5.92 Å². The van der Waals surface area contributed by atoms with E-state index < -0.39 is 0 Å². The molecule has 0 bridgehead atoms. The lowest BCUT2D eigenvalue weighted by atomic mass is 9.91. The molecule has 0 saturated carbocycles. The smallest absolute Gasteiger partial charge is 0.0913 e. The maximum absolute atomic E-state index is 5.37. The molecular weight excluding hydrogens is 140 g/mol. The molecule has 2 aliphatic rings. The fraction of sp³-hybridized carbons (Fsp3) is 1.00. The topological polar surface area (TPSA) is 25.1 Å². The standard InChI is InChI=1S/C9H16O2/c1-7(9(2)6-11-9)3-4-8-5-10-8/h7-8H,3-6H2,1-2H3. The lowest BCUT2D eigenvalue weighted by Gasteiger charge is -2.14. The highest BCUT2D eigenvalue weighted by atomic mass is 16.6. The second-order valence-corrected chi connectivity index (χ2v) is 4.04. The predicted octanol–water partition coefficient (Wildman–Crippen LogP) is 1.59. The molecular formula is C9H16O2. The molecule has 11 heavy (non-hydrogen) atoms. The third-order valence-corrected chi connectivity index (χ3v) is 2.97. The minimum atomic E-state index is 0.217. The molecule has 0 amide bonds. The second-order valence-electron chi connectivity index (χ2n) is 4.04. The minimum absolute atomic E-state index is 0.217. The first-order chi connectivity index (χ1) is 5.21. The Kier molecular flexibility index (Phi) is 1.69. The Morgan fingerprint density at radius 3 is 2.73 bits per heavy atom. The molecule has 64 valence electrons. The molecule has 3 atom stereocenters. The average molecular weight is 156 g/mol. The Bertz CT molecular complexity index is 148. The largest absolute Gasteiger partial charge is 0.373 e. The molecule has 2 saturated heterocycles. The quantitative estimate of drug-likeness (QED) is 0.577. The van der Waals surface area contributed by atoms with Gasteiger partial charge in [-0.1, -0.05) is 6.92 Å². The third kappa shape index (κ3) is 1.74. The number of hydrogen-bond donors (Lipinski definition) is 0. The summed E-state index contributed by atoms with van der Waals surface area (Å²) < 4.78 is 10.5. The van der Waals surface area contributed by atoms with Crippen LogP contribution >= 0.6 is 0 Å². The maximum atomic E-state index is 5.37. The molecule has 0 aromatic carbocycles. The minimum Gasteiger partial charge on any atom is -0.373 e. The van der Waals surface area contributed by atoms with Crippen LogP contribution in [-0.2, 0) is 9.47 Å². The highest BCUT2D eigenvalue weighted by Crippen LogP contribution is 2.37. The number of rotatable bonds is 4. The fourth-order valence-electron chi connectivity index (χ4n) is 1.37. The molecule has 2 heterocycles. The van der Waals surface area contributed by atoms with Gasteiger partial charge >= 0.3 is 0 Å². The van der Waals surface area contributed by atoms with Crippen LogP contribution in [-0.4, -0.2) is 24.9 Å².